The van der Waals surface area contributed by atoms with E-state index < -0.39 is 11.9 Å². The van der Waals surface area contributed by atoms with E-state index in [0.717, 1.165) is 55.9 Å². The van der Waals surface area contributed by atoms with Crippen LogP contribution in [0.2, 0.25) is 0 Å². The summed E-state index contributed by atoms with van der Waals surface area (Å²) in [6.07, 6.45) is 2.29. The second kappa shape index (κ2) is 9.03. The number of nitrogens with zero attached hydrogens (tertiary/aromatic N) is 2. The van der Waals surface area contributed by atoms with Crippen molar-refractivity contribution in [2.24, 2.45) is 11.8 Å². The average Bonchev–Trinajstić information content (AvgIpc) is 3.68. The van der Waals surface area contributed by atoms with Gasteiger partial charge in [-0.3, -0.25) is 9.78 Å². The molecular formula is C27H31F3N2O3. The first-order chi connectivity index (χ1) is 16.7. The third-order valence-electron chi connectivity index (χ3n) is 7.97. The van der Waals surface area contributed by atoms with E-state index in [0.29, 0.717) is 24.7 Å². The molecule has 0 N–H and O–H groups in total. The van der Waals surface area contributed by atoms with Crippen molar-refractivity contribution in [3.63, 3.8) is 0 Å². The molecule has 3 heterocycles. The zero-order chi connectivity index (χ0) is 24.8. The molecular weight excluding hydrogens is 457 g/mol. The molecule has 0 amide bonds. The fraction of sp³-hybridized carbons (Fsp3) is 0.556. The van der Waals surface area contributed by atoms with Crippen molar-refractivity contribution >= 4 is 11.7 Å². The summed E-state index contributed by atoms with van der Waals surface area (Å²) in [5, 5.41) is 0. The smallest absolute Gasteiger partial charge is 0.433 e. The maximum atomic E-state index is 13.1. The number of carbonyl (C=O) groups excluding carboxylic acids is 1. The minimum atomic E-state index is -4.45. The third-order valence-corrected chi connectivity index (χ3v) is 7.97. The minimum Gasteiger partial charge on any atom is -0.487 e. The minimum absolute atomic E-state index is 0.116. The van der Waals surface area contributed by atoms with Gasteiger partial charge in [-0.05, 0) is 66.8 Å². The van der Waals surface area contributed by atoms with Gasteiger partial charge < -0.3 is 14.4 Å². The van der Waals surface area contributed by atoms with E-state index in [4.69, 9.17) is 9.47 Å². The van der Waals surface area contributed by atoms with E-state index in [2.05, 4.69) is 23.2 Å². The normalized spacial score (nSPS) is 21.1. The van der Waals surface area contributed by atoms with Crippen LogP contribution in [0.25, 0.3) is 0 Å². The Morgan fingerprint density at radius 1 is 1.17 bits per heavy atom. The first-order valence-corrected chi connectivity index (χ1v) is 12.4. The first kappa shape index (κ1) is 23.9. The summed E-state index contributed by atoms with van der Waals surface area (Å²) >= 11 is 0. The second-order valence-corrected chi connectivity index (χ2v) is 10.2. The number of halogens is 3. The van der Waals surface area contributed by atoms with Gasteiger partial charge in [0.2, 0.25) is 0 Å². The third kappa shape index (κ3) is 4.84. The van der Waals surface area contributed by atoms with Gasteiger partial charge in [-0.1, -0.05) is 19.1 Å². The number of piperidine rings is 1. The number of methoxy groups -OCH3 is 1. The van der Waals surface area contributed by atoms with E-state index in [9.17, 15) is 18.0 Å². The highest BCUT2D eigenvalue weighted by molar-refractivity contribution is 5.73. The Hall–Kier alpha value is -2.77. The van der Waals surface area contributed by atoms with Crippen LogP contribution in [-0.2, 0) is 22.1 Å². The molecule has 2 fully saturated rings. The standard InChI is InChI=1S/C27H31F3N2O3/c1-17(25(33)34-2)24(19-4-5-19)20-6-3-18-7-9-26(35-22(18)15-20)10-13-32(14-11-26)21-8-12-31-23(16-21)27(28,29)30/h3,6,8,12,15-17,19,24H,4-5,7,9-11,13-14H2,1-2H3/t17-,24-/m0/s1. The highest BCUT2D eigenvalue weighted by atomic mass is 19.4. The van der Waals surface area contributed by atoms with E-state index in [1.807, 2.05) is 11.8 Å². The van der Waals surface area contributed by atoms with E-state index in [1.54, 1.807) is 6.07 Å². The molecule has 5 rings (SSSR count). The number of aryl methyl sites for hydroxylation is 1. The monoisotopic (exact) mass is 488 g/mol. The van der Waals surface area contributed by atoms with Crippen molar-refractivity contribution < 1.29 is 27.4 Å². The summed E-state index contributed by atoms with van der Waals surface area (Å²) in [6, 6.07) is 9.14. The first-order valence-electron chi connectivity index (χ1n) is 12.4. The quantitative estimate of drug-likeness (QED) is 0.501. The Bertz CT molecular complexity index is 1090. The number of fused-ring (bicyclic) bond motifs is 1. The van der Waals surface area contributed by atoms with Crippen LogP contribution in [0.3, 0.4) is 0 Å². The maximum Gasteiger partial charge on any atom is 0.433 e. The number of esters is 1. The average molecular weight is 489 g/mol. The second-order valence-electron chi connectivity index (χ2n) is 10.2. The van der Waals surface area contributed by atoms with Gasteiger partial charge in [0.15, 0.2) is 0 Å². The molecule has 1 aliphatic carbocycles. The summed E-state index contributed by atoms with van der Waals surface area (Å²) in [5.74, 6) is 1.09. The molecule has 3 aliphatic rings. The van der Waals surface area contributed by atoms with Crippen LogP contribution in [-0.4, -0.2) is 36.8 Å². The lowest BCUT2D eigenvalue weighted by Crippen LogP contribution is -2.50. The van der Waals surface area contributed by atoms with Crippen LogP contribution in [0, 0.1) is 11.8 Å². The fourth-order valence-electron chi connectivity index (χ4n) is 5.78. The maximum absolute atomic E-state index is 13.1. The van der Waals surface area contributed by atoms with Gasteiger partial charge >= 0.3 is 12.1 Å². The number of aromatic nitrogens is 1. The Labute approximate surface area is 203 Å². The van der Waals surface area contributed by atoms with Gasteiger partial charge in [-0.25, -0.2) is 0 Å². The molecule has 0 unspecified atom stereocenters. The van der Waals surface area contributed by atoms with Crippen molar-refractivity contribution in [1.29, 1.82) is 0 Å². The SMILES string of the molecule is COC(=O)[C@@H](C)[C@H](c1ccc2c(c1)OC1(CC2)CCN(c2ccnc(C(F)(F)F)c2)CC1)C1CC1. The lowest BCUT2D eigenvalue weighted by atomic mass is 9.80. The summed E-state index contributed by atoms with van der Waals surface area (Å²) in [5.41, 5.74) is 1.66. The van der Waals surface area contributed by atoms with Crippen LogP contribution in [0.5, 0.6) is 5.75 Å². The molecule has 5 nitrogen and oxygen atoms in total. The van der Waals surface area contributed by atoms with Crippen molar-refractivity contribution in [2.75, 3.05) is 25.1 Å². The molecule has 1 aromatic carbocycles. The van der Waals surface area contributed by atoms with Gasteiger partial charge in [0, 0.05) is 37.8 Å². The van der Waals surface area contributed by atoms with E-state index >= 15 is 0 Å². The Morgan fingerprint density at radius 2 is 1.91 bits per heavy atom. The molecule has 35 heavy (non-hydrogen) atoms. The number of benzene rings is 1. The molecule has 0 radical (unpaired) electrons. The number of anilines is 1. The highest BCUT2D eigenvalue weighted by Gasteiger charge is 2.42. The highest BCUT2D eigenvalue weighted by Crippen LogP contribution is 2.49. The van der Waals surface area contributed by atoms with E-state index in [-0.39, 0.29) is 23.4 Å². The van der Waals surface area contributed by atoms with Crippen molar-refractivity contribution in [1.82, 2.24) is 4.98 Å². The van der Waals surface area contributed by atoms with Crippen molar-refractivity contribution in [2.45, 2.75) is 63.1 Å². The topological polar surface area (TPSA) is 51.7 Å². The Kier molecular flexibility index (Phi) is 6.18. The fourth-order valence-corrected chi connectivity index (χ4v) is 5.78. The van der Waals surface area contributed by atoms with Gasteiger partial charge in [-0.2, -0.15) is 13.2 Å². The zero-order valence-corrected chi connectivity index (χ0v) is 20.1. The van der Waals surface area contributed by atoms with Crippen LogP contribution in [0.15, 0.2) is 36.5 Å². The molecule has 1 aromatic heterocycles. The lowest BCUT2D eigenvalue weighted by Gasteiger charge is -2.45. The number of ether oxygens (including phenoxy) is 2. The number of rotatable bonds is 5. The Balaban J connectivity index is 1.31. The number of carbonyl (C=O) groups is 1. The number of alkyl halides is 3. The Morgan fingerprint density at radius 3 is 2.57 bits per heavy atom. The number of hydrogen-bond acceptors (Lipinski definition) is 5. The molecule has 2 atom stereocenters. The van der Waals surface area contributed by atoms with Gasteiger partial charge in [0.25, 0.3) is 0 Å². The summed E-state index contributed by atoms with van der Waals surface area (Å²) in [6.45, 7) is 3.19. The molecule has 1 saturated carbocycles. The van der Waals surface area contributed by atoms with Crippen molar-refractivity contribution in [3.8, 4) is 5.75 Å². The van der Waals surface area contributed by atoms with Gasteiger partial charge in [-0.15, -0.1) is 0 Å². The van der Waals surface area contributed by atoms with Crippen LogP contribution < -0.4 is 9.64 Å². The zero-order valence-electron chi connectivity index (χ0n) is 20.1. The molecule has 1 saturated heterocycles. The summed E-state index contributed by atoms with van der Waals surface area (Å²) in [7, 11) is 1.44. The van der Waals surface area contributed by atoms with Gasteiger partial charge in [0.05, 0.1) is 13.0 Å². The molecule has 2 aliphatic heterocycles. The predicted octanol–water partition coefficient (Wildman–Crippen LogP) is 5.77. The van der Waals surface area contributed by atoms with Crippen LogP contribution in [0.1, 0.15) is 61.8 Å². The molecule has 0 bridgehead atoms. The summed E-state index contributed by atoms with van der Waals surface area (Å²) in [4.78, 5) is 17.8. The molecule has 8 heteroatoms. The molecule has 1 spiro atoms. The largest absolute Gasteiger partial charge is 0.487 e. The van der Waals surface area contributed by atoms with Crippen molar-refractivity contribution in [3.05, 3.63) is 53.3 Å². The lowest BCUT2D eigenvalue weighted by molar-refractivity contribution is -0.146. The van der Waals surface area contributed by atoms with E-state index in [1.165, 1.54) is 18.9 Å². The predicted molar refractivity (Wildman–Crippen MR) is 125 cm³/mol. The van der Waals surface area contributed by atoms with Gasteiger partial charge in [0.1, 0.15) is 17.0 Å². The molecule has 188 valence electrons. The number of pyridine rings is 1. The van der Waals surface area contributed by atoms with Crippen LogP contribution in [0.4, 0.5) is 18.9 Å². The molecule has 2 aromatic rings. The summed E-state index contributed by atoms with van der Waals surface area (Å²) < 4.78 is 50.9. The number of hydrogen-bond donors (Lipinski definition) is 0. The van der Waals surface area contributed by atoms with Crippen LogP contribution >= 0.6 is 0 Å².